The lowest BCUT2D eigenvalue weighted by molar-refractivity contribution is 0.626. The van der Waals surface area contributed by atoms with Gasteiger partial charge < -0.3 is 5.73 Å². The number of hydrazine groups is 1. The van der Waals surface area contributed by atoms with Gasteiger partial charge in [-0.3, -0.25) is 10.4 Å². The lowest BCUT2D eigenvalue weighted by Crippen LogP contribution is -2.38. The molecule has 1 aromatic rings. The van der Waals surface area contributed by atoms with Crippen molar-refractivity contribution in [2.24, 2.45) is 5.73 Å². The first-order valence-electron chi connectivity index (χ1n) is 4.45. The van der Waals surface area contributed by atoms with Crippen LogP contribution in [0.15, 0.2) is 36.2 Å². The van der Waals surface area contributed by atoms with Crippen molar-refractivity contribution in [2.75, 3.05) is 5.01 Å². The quantitative estimate of drug-likeness (QED) is 0.707. The first-order valence-corrected chi connectivity index (χ1v) is 4.45. The molecule has 1 aliphatic heterocycles. The zero-order chi connectivity index (χ0) is 10.1. The van der Waals surface area contributed by atoms with Gasteiger partial charge in [-0.2, -0.15) is 0 Å². The molecule has 0 aliphatic carbocycles. The number of hydrogen-bond donors (Lipinski definition) is 2. The van der Waals surface area contributed by atoms with Gasteiger partial charge in [0.25, 0.3) is 0 Å². The van der Waals surface area contributed by atoms with Crippen LogP contribution in [0, 0.1) is 5.82 Å². The van der Waals surface area contributed by atoms with E-state index in [0.29, 0.717) is 5.82 Å². The smallest absolute Gasteiger partial charge is 0.123 e. The van der Waals surface area contributed by atoms with Gasteiger partial charge in [-0.15, -0.1) is 0 Å². The predicted molar refractivity (Wildman–Crippen MR) is 53.7 cm³/mol. The number of anilines is 1. The number of nitrogens with two attached hydrogens (primary N) is 1. The molecule has 1 heterocycles. The largest absolute Gasteiger partial charge is 0.384 e. The fourth-order valence-corrected chi connectivity index (χ4v) is 1.51. The molecule has 0 bridgehead atoms. The molecular weight excluding hydrogens is 181 g/mol. The summed E-state index contributed by atoms with van der Waals surface area (Å²) in [5.41, 5.74) is 9.50. The molecule has 4 heteroatoms. The Morgan fingerprint density at radius 3 is 2.50 bits per heavy atom. The summed E-state index contributed by atoms with van der Waals surface area (Å²) >= 11 is 0. The fourth-order valence-electron chi connectivity index (χ4n) is 1.51. The monoisotopic (exact) mass is 193 g/mol. The van der Waals surface area contributed by atoms with Crippen LogP contribution < -0.4 is 16.2 Å². The minimum absolute atomic E-state index is 0.181. The van der Waals surface area contributed by atoms with Crippen LogP contribution in [0.2, 0.25) is 0 Å². The summed E-state index contributed by atoms with van der Waals surface area (Å²) in [5.74, 6) is 0.392. The number of nitrogens with zero attached hydrogens (tertiary/aromatic N) is 1. The lowest BCUT2D eigenvalue weighted by Gasteiger charge is -2.24. The molecule has 1 unspecified atom stereocenters. The highest BCUT2D eigenvalue weighted by Gasteiger charge is 2.18. The van der Waals surface area contributed by atoms with Crippen LogP contribution in [0.3, 0.4) is 0 Å². The summed E-state index contributed by atoms with van der Waals surface area (Å²) in [6, 6.07) is 6.47. The van der Waals surface area contributed by atoms with Crippen LogP contribution in [-0.2, 0) is 0 Å². The Bertz CT molecular complexity index is 358. The molecule has 74 valence electrons. The fraction of sp³-hybridized carbons (Fsp3) is 0.200. The van der Waals surface area contributed by atoms with Gasteiger partial charge in [0.2, 0.25) is 0 Å². The second kappa shape index (κ2) is 3.21. The van der Waals surface area contributed by atoms with E-state index in [9.17, 15) is 4.39 Å². The molecule has 0 saturated heterocycles. The summed E-state index contributed by atoms with van der Waals surface area (Å²) < 4.78 is 12.7. The highest BCUT2D eigenvalue weighted by Crippen LogP contribution is 2.19. The summed E-state index contributed by atoms with van der Waals surface area (Å²) in [6.45, 7) is 2.01. The van der Waals surface area contributed by atoms with Gasteiger partial charge >= 0.3 is 0 Å². The summed E-state index contributed by atoms with van der Waals surface area (Å²) in [5, 5.41) is 1.88. The molecule has 0 aromatic heterocycles. The maximum atomic E-state index is 12.7. The van der Waals surface area contributed by atoms with Crippen LogP contribution in [0.5, 0.6) is 0 Å². The maximum Gasteiger partial charge on any atom is 0.123 e. The van der Waals surface area contributed by atoms with Crippen molar-refractivity contribution >= 4 is 5.69 Å². The Morgan fingerprint density at radius 1 is 1.36 bits per heavy atom. The Balaban J connectivity index is 2.21. The molecular formula is C10H12FN3. The zero-order valence-electron chi connectivity index (χ0n) is 7.87. The van der Waals surface area contributed by atoms with E-state index in [2.05, 4.69) is 5.43 Å². The topological polar surface area (TPSA) is 41.3 Å². The molecule has 1 atom stereocenters. The molecule has 3 N–H and O–H groups in total. The van der Waals surface area contributed by atoms with Crippen molar-refractivity contribution in [1.82, 2.24) is 5.43 Å². The maximum absolute atomic E-state index is 12.7. The van der Waals surface area contributed by atoms with Crippen LogP contribution >= 0.6 is 0 Å². The van der Waals surface area contributed by atoms with E-state index >= 15 is 0 Å². The molecule has 0 saturated carbocycles. The lowest BCUT2D eigenvalue weighted by atomic mass is 10.2. The van der Waals surface area contributed by atoms with Crippen molar-refractivity contribution in [3.63, 3.8) is 0 Å². The van der Waals surface area contributed by atoms with Gasteiger partial charge in [-0.1, -0.05) is 0 Å². The highest BCUT2D eigenvalue weighted by molar-refractivity contribution is 5.49. The average molecular weight is 193 g/mol. The van der Waals surface area contributed by atoms with Gasteiger partial charge in [0.15, 0.2) is 0 Å². The number of halogens is 1. The normalized spacial score (nSPS) is 20.6. The first kappa shape index (κ1) is 8.87. The first-order chi connectivity index (χ1) is 6.66. The average Bonchev–Trinajstić information content (AvgIpc) is 2.47. The van der Waals surface area contributed by atoms with Crippen molar-refractivity contribution in [3.8, 4) is 0 Å². The second-order valence-electron chi connectivity index (χ2n) is 3.32. The van der Waals surface area contributed by atoms with Gasteiger partial charge in [0, 0.05) is 0 Å². The molecule has 0 fully saturated rings. The van der Waals surface area contributed by atoms with Gasteiger partial charge in [-0.05, 0) is 37.3 Å². The van der Waals surface area contributed by atoms with E-state index in [0.717, 1.165) is 5.69 Å². The predicted octanol–water partition coefficient (Wildman–Crippen LogP) is 1.34. The van der Waals surface area contributed by atoms with E-state index in [1.54, 1.807) is 12.1 Å². The van der Waals surface area contributed by atoms with Gasteiger partial charge in [-0.25, -0.2) is 4.39 Å². The minimum atomic E-state index is -0.235. The summed E-state index contributed by atoms with van der Waals surface area (Å²) in [7, 11) is 0. The highest BCUT2D eigenvalue weighted by atomic mass is 19.1. The van der Waals surface area contributed by atoms with Gasteiger partial charge in [0.05, 0.1) is 11.7 Å². The molecule has 0 amide bonds. The number of hydrogen-bond acceptors (Lipinski definition) is 3. The molecule has 14 heavy (non-hydrogen) atoms. The third-order valence-corrected chi connectivity index (χ3v) is 2.18. The third kappa shape index (κ3) is 1.51. The molecule has 3 nitrogen and oxygen atoms in total. The van der Waals surface area contributed by atoms with Crippen molar-refractivity contribution in [1.29, 1.82) is 0 Å². The summed E-state index contributed by atoms with van der Waals surface area (Å²) in [6.07, 6.45) is 1.91. The van der Waals surface area contributed by atoms with Crippen LogP contribution in [0.4, 0.5) is 10.1 Å². The third-order valence-electron chi connectivity index (χ3n) is 2.18. The van der Waals surface area contributed by atoms with E-state index in [-0.39, 0.29) is 11.9 Å². The Morgan fingerprint density at radius 2 is 2.00 bits per heavy atom. The van der Waals surface area contributed by atoms with Crippen molar-refractivity contribution in [2.45, 2.75) is 13.0 Å². The van der Waals surface area contributed by atoms with Crippen LogP contribution in [0.1, 0.15) is 6.92 Å². The van der Waals surface area contributed by atoms with Crippen molar-refractivity contribution < 1.29 is 4.39 Å². The molecule has 0 spiro atoms. The molecule has 0 radical (unpaired) electrons. The van der Waals surface area contributed by atoms with E-state index in [4.69, 9.17) is 5.73 Å². The number of benzene rings is 1. The SMILES string of the molecule is CC1C=C(N)NN1c1ccc(F)cc1. The molecule has 2 rings (SSSR count). The van der Waals surface area contributed by atoms with Crippen LogP contribution in [0.25, 0.3) is 0 Å². The van der Waals surface area contributed by atoms with E-state index in [1.165, 1.54) is 12.1 Å². The Hall–Kier alpha value is -1.71. The number of rotatable bonds is 1. The van der Waals surface area contributed by atoms with E-state index < -0.39 is 0 Å². The van der Waals surface area contributed by atoms with E-state index in [1.807, 2.05) is 18.0 Å². The molecule has 1 aromatic carbocycles. The molecule has 1 aliphatic rings. The Labute approximate surface area is 82.0 Å². The second-order valence-corrected chi connectivity index (χ2v) is 3.32. The minimum Gasteiger partial charge on any atom is -0.384 e. The standard InChI is InChI=1S/C10H12FN3/c1-7-6-10(12)13-14(7)9-4-2-8(11)3-5-9/h2-7,13H,12H2,1H3. The zero-order valence-corrected chi connectivity index (χ0v) is 7.87. The van der Waals surface area contributed by atoms with Crippen molar-refractivity contribution in [3.05, 3.63) is 42.0 Å². The summed E-state index contributed by atoms with van der Waals surface area (Å²) in [4.78, 5) is 0. The van der Waals surface area contributed by atoms with Gasteiger partial charge in [0.1, 0.15) is 11.6 Å². The number of nitrogens with one attached hydrogen (secondary N) is 1. The van der Waals surface area contributed by atoms with Crippen LogP contribution in [-0.4, -0.2) is 6.04 Å². The Kier molecular flexibility index (Phi) is 2.04.